The van der Waals surface area contributed by atoms with E-state index in [4.69, 9.17) is 25.5 Å². The minimum Gasteiger partial charge on any atom is -0.387 e. The van der Waals surface area contributed by atoms with Crippen molar-refractivity contribution >= 4 is 38.5 Å². The molecule has 10 atom stereocenters. The van der Waals surface area contributed by atoms with Crippen LogP contribution in [0.4, 0.5) is 5.82 Å². The number of imidazole rings is 1. The van der Waals surface area contributed by atoms with E-state index < -0.39 is 83.8 Å². The van der Waals surface area contributed by atoms with Gasteiger partial charge in [-0.15, -0.1) is 0 Å². The molecule has 1 amide bonds. The third-order valence-corrected chi connectivity index (χ3v) is 9.35. The summed E-state index contributed by atoms with van der Waals surface area (Å²) in [4.78, 5) is 43.3. The van der Waals surface area contributed by atoms with Gasteiger partial charge in [-0.05, 0) is 6.07 Å². The SMILES string of the molecule is NC(=O)c1ccc[n+]([C@@H]2O[C@H](COP(=O)(O)OP(=O)(O)OC[C@H]3O[C@@H](n4cnc5c(N)ncnc54)C(O)[C@H]3O)[C@H](O)[C@@H]2O)c1. The van der Waals surface area contributed by atoms with Crippen molar-refractivity contribution in [3.05, 3.63) is 42.7 Å². The summed E-state index contributed by atoms with van der Waals surface area (Å²) in [6.45, 7) is -1.80. The van der Waals surface area contributed by atoms with Crippen molar-refractivity contribution in [3.63, 3.8) is 0 Å². The predicted octanol–water partition coefficient (Wildman–Crippen LogP) is -3.02. The molecule has 5 heterocycles. The molecule has 240 valence electrons. The van der Waals surface area contributed by atoms with Gasteiger partial charge in [0.1, 0.15) is 47.9 Å². The summed E-state index contributed by atoms with van der Waals surface area (Å²) in [6, 6.07) is 2.83. The van der Waals surface area contributed by atoms with E-state index in [-0.39, 0.29) is 22.5 Å². The Bertz CT molecular complexity index is 1630. The summed E-state index contributed by atoms with van der Waals surface area (Å²) in [5, 5.41) is 41.6. The molecule has 3 aromatic heterocycles. The van der Waals surface area contributed by atoms with E-state index in [0.717, 1.165) is 6.33 Å². The number of ether oxygens (including phenoxy) is 2. The smallest absolute Gasteiger partial charge is 0.387 e. The number of hydrogen-bond donors (Lipinski definition) is 8. The number of phosphoric ester groups is 2. The molecule has 2 aliphatic heterocycles. The van der Waals surface area contributed by atoms with Crippen LogP contribution < -0.4 is 16.0 Å². The fourth-order valence-corrected chi connectivity index (χ4v) is 6.67. The normalized spacial score (nSPS) is 31.6. The van der Waals surface area contributed by atoms with Crippen LogP contribution in [0, 0.1) is 0 Å². The molecule has 2 saturated heterocycles. The van der Waals surface area contributed by atoms with Crippen molar-refractivity contribution in [2.75, 3.05) is 18.9 Å². The van der Waals surface area contributed by atoms with Gasteiger partial charge < -0.3 is 51.2 Å². The Morgan fingerprint density at radius 3 is 2.27 bits per heavy atom. The number of nitrogens with zero attached hydrogens (tertiary/aromatic N) is 5. The highest BCUT2D eigenvalue weighted by Crippen LogP contribution is 2.60. The molecule has 5 rings (SSSR count). The van der Waals surface area contributed by atoms with E-state index in [1.165, 1.54) is 40.0 Å². The molecule has 2 fully saturated rings. The number of fused-ring (bicyclic) bond motifs is 1. The zero-order valence-corrected chi connectivity index (χ0v) is 24.0. The van der Waals surface area contributed by atoms with Gasteiger partial charge in [0.2, 0.25) is 0 Å². The van der Waals surface area contributed by atoms with E-state index >= 15 is 0 Å². The van der Waals surface area contributed by atoms with Gasteiger partial charge in [0.15, 0.2) is 36.2 Å². The molecule has 3 unspecified atom stereocenters. The molecule has 23 heteroatoms. The predicted molar refractivity (Wildman–Crippen MR) is 139 cm³/mol. The van der Waals surface area contributed by atoms with Crippen LogP contribution in [0.15, 0.2) is 37.2 Å². The molecule has 0 saturated carbocycles. The van der Waals surface area contributed by atoms with Crippen molar-refractivity contribution in [3.8, 4) is 0 Å². The van der Waals surface area contributed by atoms with E-state index in [2.05, 4.69) is 23.8 Å². The van der Waals surface area contributed by atoms with Crippen molar-refractivity contribution in [2.24, 2.45) is 5.73 Å². The highest BCUT2D eigenvalue weighted by atomic mass is 31.3. The number of amides is 1. The number of pyridine rings is 1. The number of hydrogen-bond acceptors (Lipinski definition) is 16. The lowest BCUT2D eigenvalue weighted by molar-refractivity contribution is -0.765. The Hall–Kier alpha value is -3.01. The maximum atomic E-state index is 12.4. The Morgan fingerprint density at radius 2 is 1.61 bits per heavy atom. The molecule has 10 N–H and O–H groups in total. The van der Waals surface area contributed by atoms with Gasteiger partial charge in [-0.25, -0.2) is 24.1 Å². The lowest BCUT2D eigenvalue weighted by Crippen LogP contribution is -2.46. The van der Waals surface area contributed by atoms with Crippen LogP contribution in [0.3, 0.4) is 0 Å². The number of rotatable bonds is 11. The molecule has 0 spiro atoms. The average Bonchev–Trinajstić information content (AvgIpc) is 3.61. The lowest BCUT2D eigenvalue weighted by atomic mass is 10.1. The van der Waals surface area contributed by atoms with Crippen LogP contribution in [0.1, 0.15) is 22.8 Å². The second-order valence-corrected chi connectivity index (χ2v) is 12.7. The van der Waals surface area contributed by atoms with Crippen LogP contribution in [0.2, 0.25) is 0 Å². The summed E-state index contributed by atoms with van der Waals surface area (Å²) in [6.07, 6.45) is -6.85. The van der Waals surface area contributed by atoms with Gasteiger partial charge in [-0.2, -0.15) is 8.88 Å². The maximum absolute atomic E-state index is 12.4. The van der Waals surface area contributed by atoms with Crippen molar-refractivity contribution < 1.29 is 71.5 Å². The second-order valence-electron chi connectivity index (χ2n) is 9.69. The first-order chi connectivity index (χ1) is 20.7. The van der Waals surface area contributed by atoms with Gasteiger partial charge in [0, 0.05) is 6.07 Å². The molecule has 44 heavy (non-hydrogen) atoms. The topological polar surface area (TPSA) is 318 Å². The molecule has 0 aromatic carbocycles. The first kappa shape index (κ1) is 32.4. The quantitative estimate of drug-likeness (QED) is 0.0747. The summed E-state index contributed by atoms with van der Waals surface area (Å²) in [5.74, 6) is -0.714. The van der Waals surface area contributed by atoms with Crippen LogP contribution in [-0.2, 0) is 32.0 Å². The fourth-order valence-electron chi connectivity index (χ4n) is 4.58. The van der Waals surface area contributed by atoms with Gasteiger partial charge >= 0.3 is 15.6 Å². The molecule has 0 aliphatic carbocycles. The van der Waals surface area contributed by atoms with E-state index in [1.54, 1.807) is 0 Å². The summed E-state index contributed by atoms with van der Waals surface area (Å²) < 4.78 is 52.0. The van der Waals surface area contributed by atoms with E-state index in [1.807, 2.05) is 0 Å². The van der Waals surface area contributed by atoms with E-state index in [0.29, 0.717) is 0 Å². The number of nitrogen functional groups attached to an aromatic ring is 1. The Morgan fingerprint density at radius 1 is 0.977 bits per heavy atom. The number of aromatic nitrogens is 5. The fraction of sp³-hybridized carbons (Fsp3) is 0.476. The summed E-state index contributed by atoms with van der Waals surface area (Å²) in [5.41, 5.74) is 11.4. The van der Waals surface area contributed by atoms with Crippen molar-refractivity contribution in [1.82, 2.24) is 19.5 Å². The third kappa shape index (κ3) is 6.65. The van der Waals surface area contributed by atoms with E-state index in [9.17, 15) is 44.1 Å². The van der Waals surface area contributed by atoms with Crippen LogP contribution in [0.25, 0.3) is 11.2 Å². The average molecular weight is 664 g/mol. The first-order valence-electron chi connectivity index (χ1n) is 12.6. The highest BCUT2D eigenvalue weighted by molar-refractivity contribution is 7.61. The summed E-state index contributed by atoms with van der Waals surface area (Å²) in [7, 11) is -10.7. The van der Waals surface area contributed by atoms with Gasteiger partial charge in [-0.1, -0.05) is 0 Å². The van der Waals surface area contributed by atoms with Gasteiger partial charge in [-0.3, -0.25) is 18.4 Å². The number of nitrogens with two attached hydrogens (primary N) is 2. The van der Waals surface area contributed by atoms with Crippen LogP contribution in [0.5, 0.6) is 0 Å². The number of carbonyl (C=O) groups is 1. The Labute approximate surface area is 246 Å². The minimum absolute atomic E-state index is 0.0505. The van der Waals surface area contributed by atoms with Crippen molar-refractivity contribution in [2.45, 2.75) is 49.1 Å². The molecule has 0 bridgehead atoms. The highest BCUT2D eigenvalue weighted by Gasteiger charge is 2.50. The first-order valence-corrected chi connectivity index (χ1v) is 15.6. The zero-order valence-electron chi connectivity index (χ0n) is 22.2. The maximum Gasteiger partial charge on any atom is 0.481 e. The molecule has 0 radical (unpaired) electrons. The molecule has 3 aromatic rings. The molecular weight excluding hydrogens is 636 g/mol. The standard InChI is InChI=1S/C21H27N7O14P2/c22-17-12-19(25-7-24-17)28(8-26-12)21-16(32)14(30)11(41-21)6-39-44(36,37)42-43(34,35)38-5-10-13(29)15(31)20(40-10)27-3-1-2-9(4-27)18(23)33/h1-4,7-8,10-11,13-16,20-21,29-32H,5-6H2,(H5-,22,23,24,25,33,34,35,36,37)/p+1/t10-,11-,13+,14+,15+,16?,20-,21-/m1/s1. The Balaban J connectivity index is 1.16. The van der Waals surface area contributed by atoms with Gasteiger partial charge in [0.05, 0.1) is 19.5 Å². The third-order valence-electron chi connectivity index (χ3n) is 6.75. The number of anilines is 1. The molecular formula is C21H28N7O14P2+. The summed E-state index contributed by atoms with van der Waals surface area (Å²) >= 11 is 0. The Kier molecular flexibility index (Phi) is 9.13. The van der Waals surface area contributed by atoms with Crippen molar-refractivity contribution in [1.29, 1.82) is 0 Å². The number of carbonyl (C=O) groups excluding carboxylic acids is 1. The van der Waals surface area contributed by atoms with Crippen LogP contribution >= 0.6 is 15.6 Å². The number of primary amides is 1. The molecule has 2 aliphatic rings. The van der Waals surface area contributed by atoms with Gasteiger partial charge in [0.25, 0.3) is 12.1 Å². The minimum atomic E-state index is -5.37. The van der Waals surface area contributed by atoms with Crippen LogP contribution in [-0.4, -0.2) is 105 Å². The monoisotopic (exact) mass is 664 g/mol. The number of aliphatic hydroxyl groups is 4. The lowest BCUT2D eigenvalue weighted by Gasteiger charge is -2.20. The second kappa shape index (κ2) is 12.4. The number of phosphoric acid groups is 2. The number of aliphatic hydroxyl groups excluding tert-OH is 4. The largest absolute Gasteiger partial charge is 0.481 e. The molecule has 21 nitrogen and oxygen atoms in total. The zero-order chi connectivity index (χ0) is 32.0.